The molecule has 2 nitrogen and oxygen atoms in total. The number of methoxy groups -OCH3 is 1. The minimum absolute atomic E-state index is 0. The minimum atomic E-state index is 0. The minimum Gasteiger partial charge on any atom is -0.493 e. The maximum Gasteiger partial charge on any atom is 0.164 e. The lowest BCUT2D eigenvalue weighted by Gasteiger charge is -2.18. The predicted octanol–water partition coefficient (Wildman–Crippen LogP) is 2.44. The molecule has 3 heteroatoms. The standard InChI is InChI=1S/C10H12O2.ClH/c1-11-9-6-2-4-8-5-3-7-12-10(8)9;/h2,4,6H,3,5,7H2,1H3;1H. The molecule has 0 spiro atoms. The summed E-state index contributed by atoms with van der Waals surface area (Å²) < 4.78 is 10.7. The molecule has 0 aromatic heterocycles. The second kappa shape index (κ2) is 4.38. The maximum absolute atomic E-state index is 5.52. The Labute approximate surface area is 84.3 Å². The van der Waals surface area contributed by atoms with Gasteiger partial charge in [0.05, 0.1) is 13.7 Å². The fourth-order valence-electron chi connectivity index (χ4n) is 1.52. The molecule has 1 aromatic carbocycles. The summed E-state index contributed by atoms with van der Waals surface area (Å²) in [6.45, 7) is 0.813. The molecule has 0 N–H and O–H groups in total. The van der Waals surface area contributed by atoms with E-state index < -0.39 is 0 Å². The fraction of sp³-hybridized carbons (Fsp3) is 0.400. The molecule has 1 aliphatic heterocycles. The van der Waals surface area contributed by atoms with Crippen molar-refractivity contribution < 1.29 is 9.47 Å². The van der Waals surface area contributed by atoms with Crippen molar-refractivity contribution in [2.45, 2.75) is 12.8 Å². The van der Waals surface area contributed by atoms with Gasteiger partial charge in [0.1, 0.15) is 0 Å². The van der Waals surface area contributed by atoms with Crippen molar-refractivity contribution in [1.82, 2.24) is 0 Å². The number of hydrogen-bond donors (Lipinski definition) is 0. The summed E-state index contributed by atoms with van der Waals surface area (Å²) in [6.07, 6.45) is 2.21. The fourth-order valence-corrected chi connectivity index (χ4v) is 1.52. The van der Waals surface area contributed by atoms with E-state index in [2.05, 4.69) is 6.07 Å². The normalized spacial score (nSPS) is 13.6. The average Bonchev–Trinajstić information content (AvgIpc) is 2.17. The van der Waals surface area contributed by atoms with E-state index in [-0.39, 0.29) is 12.4 Å². The van der Waals surface area contributed by atoms with Crippen LogP contribution in [0.25, 0.3) is 0 Å². The predicted molar refractivity (Wildman–Crippen MR) is 54.1 cm³/mol. The van der Waals surface area contributed by atoms with Crippen LogP contribution in [0.15, 0.2) is 18.2 Å². The van der Waals surface area contributed by atoms with E-state index in [1.807, 2.05) is 12.1 Å². The second-order valence-electron chi connectivity index (χ2n) is 2.90. The highest BCUT2D eigenvalue weighted by atomic mass is 35.5. The number of halogens is 1. The Morgan fingerprint density at radius 1 is 1.38 bits per heavy atom. The lowest BCUT2D eigenvalue weighted by atomic mass is 10.1. The smallest absolute Gasteiger partial charge is 0.164 e. The number of rotatable bonds is 1. The largest absolute Gasteiger partial charge is 0.493 e. The molecular formula is C10H13ClO2. The summed E-state index contributed by atoms with van der Waals surface area (Å²) >= 11 is 0. The molecule has 1 aromatic rings. The summed E-state index contributed by atoms with van der Waals surface area (Å²) in [7, 11) is 1.67. The lowest BCUT2D eigenvalue weighted by molar-refractivity contribution is 0.269. The van der Waals surface area contributed by atoms with Crippen LogP contribution < -0.4 is 9.47 Å². The zero-order chi connectivity index (χ0) is 8.39. The van der Waals surface area contributed by atoms with E-state index in [1.165, 1.54) is 5.56 Å². The molecule has 72 valence electrons. The molecule has 13 heavy (non-hydrogen) atoms. The number of benzene rings is 1. The first kappa shape index (κ1) is 10.2. The van der Waals surface area contributed by atoms with E-state index in [1.54, 1.807) is 7.11 Å². The number of ether oxygens (including phenoxy) is 2. The summed E-state index contributed by atoms with van der Waals surface area (Å²) in [5.41, 5.74) is 1.26. The van der Waals surface area contributed by atoms with Crippen molar-refractivity contribution in [3.05, 3.63) is 23.8 Å². The topological polar surface area (TPSA) is 18.5 Å². The highest BCUT2D eigenvalue weighted by Gasteiger charge is 2.13. The van der Waals surface area contributed by atoms with Gasteiger partial charge in [-0.3, -0.25) is 0 Å². The first-order valence-corrected chi connectivity index (χ1v) is 4.20. The van der Waals surface area contributed by atoms with Crippen LogP contribution in [0.1, 0.15) is 12.0 Å². The van der Waals surface area contributed by atoms with Crippen molar-refractivity contribution in [3.63, 3.8) is 0 Å². The highest BCUT2D eigenvalue weighted by Crippen LogP contribution is 2.34. The van der Waals surface area contributed by atoms with Crippen molar-refractivity contribution in [2.24, 2.45) is 0 Å². The first-order valence-electron chi connectivity index (χ1n) is 4.20. The van der Waals surface area contributed by atoms with Gasteiger partial charge in [-0.25, -0.2) is 0 Å². The number of para-hydroxylation sites is 1. The Kier molecular flexibility index (Phi) is 3.43. The molecular weight excluding hydrogens is 188 g/mol. The van der Waals surface area contributed by atoms with Gasteiger partial charge in [0, 0.05) is 0 Å². The second-order valence-corrected chi connectivity index (χ2v) is 2.90. The van der Waals surface area contributed by atoms with Crippen LogP contribution >= 0.6 is 12.4 Å². The SMILES string of the molecule is COc1cccc2c1OCCC2.Cl. The van der Waals surface area contributed by atoms with E-state index in [9.17, 15) is 0 Å². The van der Waals surface area contributed by atoms with Gasteiger partial charge < -0.3 is 9.47 Å². The van der Waals surface area contributed by atoms with Crippen LogP contribution in [-0.2, 0) is 6.42 Å². The van der Waals surface area contributed by atoms with Gasteiger partial charge >= 0.3 is 0 Å². The molecule has 2 rings (SSSR count). The molecule has 0 saturated carbocycles. The lowest BCUT2D eigenvalue weighted by Crippen LogP contribution is -2.09. The van der Waals surface area contributed by atoms with Gasteiger partial charge in [0.15, 0.2) is 11.5 Å². The van der Waals surface area contributed by atoms with Crippen molar-refractivity contribution in [1.29, 1.82) is 0 Å². The summed E-state index contributed by atoms with van der Waals surface area (Å²) in [6, 6.07) is 6.04. The first-order chi connectivity index (χ1) is 5.92. The highest BCUT2D eigenvalue weighted by molar-refractivity contribution is 5.85. The third-order valence-corrected chi connectivity index (χ3v) is 2.12. The summed E-state index contributed by atoms with van der Waals surface area (Å²) in [5, 5.41) is 0. The molecule has 0 atom stereocenters. The van der Waals surface area contributed by atoms with Gasteiger partial charge in [-0.05, 0) is 24.5 Å². The number of hydrogen-bond acceptors (Lipinski definition) is 2. The van der Waals surface area contributed by atoms with Crippen LogP contribution in [0, 0.1) is 0 Å². The van der Waals surface area contributed by atoms with Crippen LogP contribution in [0.3, 0.4) is 0 Å². The van der Waals surface area contributed by atoms with Crippen LogP contribution in [0.5, 0.6) is 11.5 Å². The Hall–Kier alpha value is -0.890. The summed E-state index contributed by atoms with van der Waals surface area (Å²) in [5.74, 6) is 1.79. The quantitative estimate of drug-likeness (QED) is 0.694. The van der Waals surface area contributed by atoms with E-state index in [0.717, 1.165) is 30.9 Å². The van der Waals surface area contributed by atoms with Gasteiger partial charge in [0.2, 0.25) is 0 Å². The Morgan fingerprint density at radius 2 is 2.23 bits per heavy atom. The third kappa shape index (κ3) is 1.89. The van der Waals surface area contributed by atoms with Crippen LogP contribution in [0.4, 0.5) is 0 Å². The number of fused-ring (bicyclic) bond motifs is 1. The third-order valence-electron chi connectivity index (χ3n) is 2.12. The molecule has 0 fully saturated rings. The Morgan fingerprint density at radius 3 is 3.00 bits per heavy atom. The number of aryl methyl sites for hydroxylation is 1. The molecule has 0 radical (unpaired) electrons. The molecule has 0 bridgehead atoms. The maximum atomic E-state index is 5.52. The van der Waals surface area contributed by atoms with Gasteiger partial charge in [-0.1, -0.05) is 12.1 Å². The van der Waals surface area contributed by atoms with E-state index >= 15 is 0 Å². The van der Waals surface area contributed by atoms with Crippen molar-refractivity contribution >= 4 is 12.4 Å². The van der Waals surface area contributed by atoms with Gasteiger partial charge in [-0.2, -0.15) is 0 Å². The van der Waals surface area contributed by atoms with Gasteiger partial charge in [0.25, 0.3) is 0 Å². The summed E-state index contributed by atoms with van der Waals surface area (Å²) in [4.78, 5) is 0. The molecule has 0 saturated heterocycles. The molecule has 0 unspecified atom stereocenters. The van der Waals surface area contributed by atoms with Crippen molar-refractivity contribution in [2.75, 3.05) is 13.7 Å². The molecule has 1 heterocycles. The zero-order valence-corrected chi connectivity index (χ0v) is 8.39. The monoisotopic (exact) mass is 200 g/mol. The van der Waals surface area contributed by atoms with E-state index in [0.29, 0.717) is 0 Å². The Balaban J connectivity index is 0.000000845. The molecule has 0 aliphatic carbocycles. The Bertz CT molecular complexity index is 272. The van der Waals surface area contributed by atoms with Gasteiger partial charge in [-0.15, -0.1) is 12.4 Å². The van der Waals surface area contributed by atoms with Crippen LogP contribution in [-0.4, -0.2) is 13.7 Å². The molecule has 1 aliphatic rings. The van der Waals surface area contributed by atoms with E-state index in [4.69, 9.17) is 9.47 Å². The average molecular weight is 201 g/mol. The van der Waals surface area contributed by atoms with Crippen molar-refractivity contribution in [3.8, 4) is 11.5 Å². The zero-order valence-electron chi connectivity index (χ0n) is 7.58. The van der Waals surface area contributed by atoms with Crippen LogP contribution in [0.2, 0.25) is 0 Å². The molecule has 0 amide bonds.